The van der Waals surface area contributed by atoms with Gasteiger partial charge in [0, 0.05) is 6.04 Å². The lowest BCUT2D eigenvalue weighted by molar-refractivity contribution is -0.401. The average molecular weight is 251 g/mol. The Hall–Kier alpha value is -2.15. The zero-order valence-electron chi connectivity index (χ0n) is 10.0. The smallest absolute Gasteiger partial charge is 0.433 e. The van der Waals surface area contributed by atoms with E-state index in [1.807, 2.05) is 13.8 Å². The number of furan rings is 1. The molecule has 0 amide bonds. The Labute approximate surface area is 103 Å². The van der Waals surface area contributed by atoms with E-state index in [-0.39, 0.29) is 5.88 Å². The van der Waals surface area contributed by atoms with E-state index in [4.69, 9.17) is 8.83 Å². The van der Waals surface area contributed by atoms with Crippen molar-refractivity contribution >= 4 is 5.88 Å². The number of rotatable bonds is 5. The van der Waals surface area contributed by atoms with Crippen molar-refractivity contribution in [1.29, 1.82) is 0 Å². The van der Waals surface area contributed by atoms with Crippen LogP contribution in [-0.2, 0) is 6.54 Å². The molecule has 0 aliphatic rings. The molecule has 0 saturated heterocycles. The van der Waals surface area contributed by atoms with Crippen molar-refractivity contribution in [3.63, 3.8) is 0 Å². The molecule has 1 N–H and O–H groups in total. The predicted molar refractivity (Wildman–Crippen MR) is 62.8 cm³/mol. The van der Waals surface area contributed by atoms with Gasteiger partial charge >= 0.3 is 5.88 Å². The summed E-state index contributed by atoms with van der Waals surface area (Å²) < 4.78 is 10.4. The minimum atomic E-state index is -0.596. The summed E-state index contributed by atoms with van der Waals surface area (Å²) >= 11 is 0. The fourth-order valence-electron chi connectivity index (χ4n) is 1.36. The Morgan fingerprint density at radius 1 is 1.39 bits per heavy atom. The number of nitrogens with one attached hydrogen (secondary N) is 1. The Morgan fingerprint density at radius 2 is 2.17 bits per heavy atom. The third-order valence-corrected chi connectivity index (χ3v) is 2.23. The summed E-state index contributed by atoms with van der Waals surface area (Å²) in [6, 6.07) is 3.09. The molecule has 2 rings (SSSR count). The quantitative estimate of drug-likeness (QED) is 0.647. The van der Waals surface area contributed by atoms with Crippen molar-refractivity contribution in [1.82, 2.24) is 10.3 Å². The molecule has 0 spiro atoms. The maximum Gasteiger partial charge on any atom is 0.433 e. The normalized spacial score (nSPS) is 11.1. The Morgan fingerprint density at radius 3 is 2.78 bits per heavy atom. The minimum absolute atomic E-state index is 0.296. The first-order valence-electron chi connectivity index (χ1n) is 5.49. The highest BCUT2D eigenvalue weighted by atomic mass is 16.6. The van der Waals surface area contributed by atoms with Crippen molar-refractivity contribution < 1.29 is 13.8 Å². The second-order valence-corrected chi connectivity index (χ2v) is 4.05. The van der Waals surface area contributed by atoms with E-state index in [1.165, 1.54) is 18.3 Å². The fraction of sp³-hybridized carbons (Fsp3) is 0.364. The van der Waals surface area contributed by atoms with Crippen LogP contribution in [0.25, 0.3) is 11.5 Å². The standard InChI is InChI=1S/C11H13N3O4/c1-7(2)12-6-10-13-5-9(17-10)8-3-4-11(18-8)14(15)16/h3-5,7,12H,6H2,1-2H3. The molecule has 7 heteroatoms. The number of aromatic nitrogens is 1. The van der Waals surface area contributed by atoms with E-state index < -0.39 is 4.92 Å². The molecule has 2 aromatic heterocycles. The first-order valence-corrected chi connectivity index (χ1v) is 5.49. The van der Waals surface area contributed by atoms with Gasteiger partial charge in [0.15, 0.2) is 11.5 Å². The number of nitro groups is 1. The molecule has 2 aromatic rings. The summed E-state index contributed by atoms with van der Waals surface area (Å²) in [7, 11) is 0. The van der Waals surface area contributed by atoms with Gasteiger partial charge in [0.25, 0.3) is 0 Å². The van der Waals surface area contributed by atoms with Crippen LogP contribution >= 0.6 is 0 Å². The Bertz CT molecular complexity index is 544. The molecule has 0 fully saturated rings. The van der Waals surface area contributed by atoms with Gasteiger partial charge in [-0.05, 0) is 6.07 Å². The van der Waals surface area contributed by atoms with Crippen molar-refractivity contribution in [3.8, 4) is 11.5 Å². The van der Waals surface area contributed by atoms with E-state index in [0.29, 0.717) is 30.0 Å². The van der Waals surface area contributed by atoms with E-state index in [2.05, 4.69) is 10.3 Å². The number of hydrogen-bond donors (Lipinski definition) is 1. The summed E-state index contributed by atoms with van der Waals surface area (Å²) in [5, 5.41) is 13.6. The van der Waals surface area contributed by atoms with Crippen LogP contribution in [0.5, 0.6) is 0 Å². The first-order chi connectivity index (χ1) is 8.56. The van der Waals surface area contributed by atoms with E-state index in [9.17, 15) is 10.1 Å². The molecule has 0 atom stereocenters. The highest BCUT2D eigenvalue weighted by Gasteiger charge is 2.16. The van der Waals surface area contributed by atoms with Gasteiger partial charge in [-0.1, -0.05) is 13.8 Å². The molecule has 7 nitrogen and oxygen atoms in total. The summed E-state index contributed by atoms with van der Waals surface area (Å²) in [5.41, 5.74) is 0. The maximum atomic E-state index is 10.5. The topological polar surface area (TPSA) is 94.3 Å². The van der Waals surface area contributed by atoms with Crippen molar-refractivity contribution in [3.05, 3.63) is 34.3 Å². The lowest BCUT2D eigenvalue weighted by Crippen LogP contribution is -2.21. The largest absolute Gasteiger partial charge is 0.436 e. The van der Waals surface area contributed by atoms with Crippen molar-refractivity contribution in [2.75, 3.05) is 0 Å². The third kappa shape index (κ3) is 2.75. The van der Waals surface area contributed by atoms with Crippen LogP contribution in [0.3, 0.4) is 0 Å². The van der Waals surface area contributed by atoms with Crippen LogP contribution in [0.15, 0.2) is 27.2 Å². The van der Waals surface area contributed by atoms with E-state index >= 15 is 0 Å². The molecule has 2 heterocycles. The molecule has 0 aliphatic carbocycles. The zero-order valence-corrected chi connectivity index (χ0v) is 10.0. The Balaban J connectivity index is 2.11. The molecule has 0 aliphatic heterocycles. The summed E-state index contributed by atoms with van der Waals surface area (Å²) in [6.07, 6.45) is 1.49. The van der Waals surface area contributed by atoms with Crippen LogP contribution in [-0.4, -0.2) is 15.9 Å². The van der Waals surface area contributed by atoms with Gasteiger partial charge in [0.2, 0.25) is 5.89 Å². The fourth-order valence-corrected chi connectivity index (χ4v) is 1.36. The molecule has 0 unspecified atom stereocenters. The van der Waals surface area contributed by atoms with Crippen molar-refractivity contribution in [2.45, 2.75) is 26.4 Å². The van der Waals surface area contributed by atoms with Crippen LogP contribution in [0.2, 0.25) is 0 Å². The lowest BCUT2D eigenvalue weighted by atomic mass is 10.4. The summed E-state index contributed by atoms with van der Waals surface area (Å²) in [5.74, 6) is 0.870. The van der Waals surface area contributed by atoms with Crippen LogP contribution in [0.4, 0.5) is 5.88 Å². The zero-order chi connectivity index (χ0) is 13.1. The first kappa shape index (κ1) is 12.3. The number of hydrogen-bond acceptors (Lipinski definition) is 6. The van der Waals surface area contributed by atoms with Gasteiger partial charge < -0.3 is 14.2 Å². The predicted octanol–water partition coefficient (Wildman–Crippen LogP) is 2.34. The molecule has 0 bridgehead atoms. The SMILES string of the molecule is CC(C)NCc1ncc(-c2ccc([N+](=O)[O-])o2)o1. The number of oxazole rings is 1. The summed E-state index contributed by atoms with van der Waals surface area (Å²) in [4.78, 5) is 13.9. The average Bonchev–Trinajstić information content (AvgIpc) is 2.95. The highest BCUT2D eigenvalue weighted by molar-refractivity contribution is 5.50. The van der Waals surface area contributed by atoms with Crippen LogP contribution in [0.1, 0.15) is 19.7 Å². The van der Waals surface area contributed by atoms with Crippen LogP contribution in [0, 0.1) is 10.1 Å². The van der Waals surface area contributed by atoms with E-state index in [0.717, 1.165) is 0 Å². The lowest BCUT2D eigenvalue weighted by Gasteiger charge is -2.03. The van der Waals surface area contributed by atoms with Gasteiger partial charge in [-0.3, -0.25) is 10.1 Å². The van der Waals surface area contributed by atoms with Gasteiger partial charge in [0.1, 0.15) is 4.92 Å². The van der Waals surface area contributed by atoms with Gasteiger partial charge in [-0.25, -0.2) is 4.98 Å². The van der Waals surface area contributed by atoms with Gasteiger partial charge in [-0.2, -0.15) is 0 Å². The minimum Gasteiger partial charge on any atom is -0.436 e. The molecular formula is C11H13N3O4. The molecule has 96 valence electrons. The molecule has 0 radical (unpaired) electrons. The van der Waals surface area contributed by atoms with Gasteiger partial charge in [0.05, 0.1) is 18.8 Å². The molecule has 18 heavy (non-hydrogen) atoms. The van der Waals surface area contributed by atoms with Crippen LogP contribution < -0.4 is 5.32 Å². The highest BCUT2D eigenvalue weighted by Crippen LogP contribution is 2.26. The second-order valence-electron chi connectivity index (χ2n) is 4.05. The maximum absolute atomic E-state index is 10.5. The second kappa shape index (κ2) is 5.01. The Kier molecular flexibility index (Phi) is 3.42. The molecule has 0 aromatic carbocycles. The molecule has 0 saturated carbocycles. The number of nitrogens with zero attached hydrogens (tertiary/aromatic N) is 2. The van der Waals surface area contributed by atoms with Crippen molar-refractivity contribution in [2.24, 2.45) is 0 Å². The third-order valence-electron chi connectivity index (χ3n) is 2.23. The summed E-state index contributed by atoms with van der Waals surface area (Å²) in [6.45, 7) is 4.53. The van der Waals surface area contributed by atoms with Gasteiger partial charge in [-0.15, -0.1) is 0 Å². The monoisotopic (exact) mass is 251 g/mol. The van der Waals surface area contributed by atoms with E-state index in [1.54, 1.807) is 0 Å². The molecular weight excluding hydrogens is 238 g/mol.